The number of carboxylic acid groups (broad SMARTS) is 1. The molecule has 2 unspecified atom stereocenters. The minimum atomic E-state index is -0.849. The highest BCUT2D eigenvalue weighted by Gasteiger charge is 2.14. The van der Waals surface area contributed by atoms with E-state index in [1.165, 1.54) is 0 Å². The van der Waals surface area contributed by atoms with Crippen LogP contribution in [0.5, 0.6) is 0 Å². The Morgan fingerprint density at radius 2 is 1.90 bits per heavy atom. The molecule has 0 heterocycles. The Morgan fingerprint density at radius 1 is 1.29 bits per heavy atom. The fraction of sp³-hybridized carbons (Fsp3) is 0.467. The first-order chi connectivity index (χ1) is 9.92. The summed E-state index contributed by atoms with van der Waals surface area (Å²) in [6, 6.07) is 6.79. The summed E-state index contributed by atoms with van der Waals surface area (Å²) in [5.74, 6) is -0.905. The zero-order chi connectivity index (χ0) is 15.8. The molecule has 0 aromatic heterocycles. The lowest BCUT2D eigenvalue weighted by molar-refractivity contribution is -0.138. The lowest BCUT2D eigenvalue weighted by Crippen LogP contribution is -2.39. The average Bonchev–Trinajstić information content (AvgIpc) is 2.43. The highest BCUT2D eigenvalue weighted by Crippen LogP contribution is 2.15. The van der Waals surface area contributed by atoms with Gasteiger partial charge in [-0.15, -0.1) is 0 Å². The molecule has 6 heteroatoms. The number of nitrogens with one attached hydrogen (secondary N) is 2. The van der Waals surface area contributed by atoms with Crippen LogP contribution in [0.25, 0.3) is 0 Å². The molecular formula is C15H21ClN2O3. The summed E-state index contributed by atoms with van der Waals surface area (Å²) in [6.07, 6.45) is 0.767. The molecule has 0 bridgehead atoms. The lowest BCUT2D eigenvalue weighted by atomic mass is 10.0. The smallest absolute Gasteiger partial charge is 0.315 e. The standard InChI is InChI=1S/C15H21ClN2O3/c1-3-11(8-14(19)20)9-17-15(21)18-10(2)12-4-6-13(16)7-5-12/h4-7,10-11H,3,8-9H2,1-2H3,(H,19,20)(H2,17,18,21). The molecule has 21 heavy (non-hydrogen) atoms. The maximum absolute atomic E-state index is 11.8. The maximum Gasteiger partial charge on any atom is 0.315 e. The number of amides is 2. The number of rotatable bonds is 7. The van der Waals surface area contributed by atoms with E-state index in [1.807, 2.05) is 26.0 Å². The van der Waals surface area contributed by atoms with Crippen molar-refractivity contribution >= 4 is 23.6 Å². The van der Waals surface area contributed by atoms with Crippen LogP contribution < -0.4 is 10.6 Å². The van der Waals surface area contributed by atoms with E-state index in [9.17, 15) is 9.59 Å². The van der Waals surface area contributed by atoms with Crippen LogP contribution in [0.15, 0.2) is 24.3 Å². The van der Waals surface area contributed by atoms with E-state index in [0.29, 0.717) is 18.0 Å². The van der Waals surface area contributed by atoms with Crippen LogP contribution in [0.4, 0.5) is 4.79 Å². The van der Waals surface area contributed by atoms with Crippen LogP contribution in [-0.2, 0) is 4.79 Å². The zero-order valence-electron chi connectivity index (χ0n) is 12.2. The number of halogens is 1. The molecule has 0 spiro atoms. The largest absolute Gasteiger partial charge is 0.481 e. The van der Waals surface area contributed by atoms with Gasteiger partial charge in [0.15, 0.2) is 0 Å². The fourth-order valence-electron chi connectivity index (χ4n) is 1.93. The molecule has 0 saturated heterocycles. The Morgan fingerprint density at radius 3 is 2.43 bits per heavy atom. The van der Waals surface area contributed by atoms with Crippen molar-refractivity contribution in [3.8, 4) is 0 Å². The number of carbonyl (C=O) groups excluding carboxylic acids is 1. The lowest BCUT2D eigenvalue weighted by Gasteiger charge is -2.17. The number of carboxylic acids is 1. The molecule has 116 valence electrons. The minimum Gasteiger partial charge on any atom is -0.481 e. The second kappa shape index (κ2) is 8.52. The summed E-state index contributed by atoms with van der Waals surface area (Å²) in [4.78, 5) is 22.5. The first kappa shape index (κ1) is 17.3. The third-order valence-electron chi connectivity index (χ3n) is 3.31. The summed E-state index contributed by atoms with van der Waals surface area (Å²) >= 11 is 5.82. The van der Waals surface area contributed by atoms with E-state index >= 15 is 0 Å². The highest BCUT2D eigenvalue weighted by atomic mass is 35.5. The second-order valence-electron chi connectivity index (χ2n) is 5.00. The third-order valence-corrected chi connectivity index (χ3v) is 3.56. The Hall–Kier alpha value is -1.75. The quantitative estimate of drug-likeness (QED) is 0.723. The van der Waals surface area contributed by atoms with Crippen LogP contribution in [0.3, 0.4) is 0 Å². The molecule has 0 saturated carbocycles. The summed E-state index contributed by atoms with van der Waals surface area (Å²) in [5.41, 5.74) is 0.951. The number of aliphatic carboxylic acids is 1. The topological polar surface area (TPSA) is 78.4 Å². The monoisotopic (exact) mass is 312 g/mol. The van der Waals surface area contributed by atoms with Gasteiger partial charge in [-0.1, -0.05) is 37.1 Å². The molecule has 1 rings (SSSR count). The van der Waals surface area contributed by atoms with E-state index in [2.05, 4.69) is 10.6 Å². The zero-order valence-corrected chi connectivity index (χ0v) is 13.0. The van der Waals surface area contributed by atoms with Gasteiger partial charge < -0.3 is 15.7 Å². The molecule has 0 aliphatic rings. The van der Waals surface area contributed by atoms with Gasteiger partial charge in [0, 0.05) is 18.0 Å². The maximum atomic E-state index is 11.8. The van der Waals surface area contributed by atoms with Gasteiger partial charge in [-0.3, -0.25) is 4.79 Å². The SMILES string of the molecule is CCC(CNC(=O)NC(C)c1ccc(Cl)cc1)CC(=O)O. The Balaban J connectivity index is 2.42. The molecular weight excluding hydrogens is 292 g/mol. The van der Waals surface area contributed by atoms with E-state index in [1.54, 1.807) is 12.1 Å². The third kappa shape index (κ3) is 6.49. The Kier molecular flexibility index (Phi) is 7.02. The summed E-state index contributed by atoms with van der Waals surface area (Å²) < 4.78 is 0. The van der Waals surface area contributed by atoms with Crippen molar-refractivity contribution < 1.29 is 14.7 Å². The first-order valence-corrected chi connectivity index (χ1v) is 7.31. The normalized spacial score (nSPS) is 13.3. The van der Waals surface area contributed by atoms with E-state index in [0.717, 1.165) is 5.56 Å². The number of benzene rings is 1. The van der Waals surface area contributed by atoms with Gasteiger partial charge in [0.1, 0.15) is 0 Å². The molecule has 1 aromatic carbocycles. The van der Waals surface area contributed by atoms with Gasteiger partial charge >= 0.3 is 12.0 Å². The molecule has 5 nitrogen and oxygen atoms in total. The Labute approximate surface area is 129 Å². The second-order valence-corrected chi connectivity index (χ2v) is 5.44. The number of carbonyl (C=O) groups is 2. The molecule has 1 aromatic rings. The van der Waals surface area contributed by atoms with Gasteiger partial charge in [-0.25, -0.2) is 4.79 Å². The predicted molar refractivity (Wildman–Crippen MR) is 82.4 cm³/mol. The van der Waals surface area contributed by atoms with Crippen LogP contribution in [0, 0.1) is 5.92 Å². The van der Waals surface area contributed by atoms with Crippen molar-refractivity contribution in [1.82, 2.24) is 10.6 Å². The van der Waals surface area contributed by atoms with Gasteiger partial charge in [-0.2, -0.15) is 0 Å². The van der Waals surface area contributed by atoms with Gasteiger partial charge in [0.2, 0.25) is 0 Å². The van der Waals surface area contributed by atoms with Crippen LogP contribution in [0.2, 0.25) is 5.02 Å². The summed E-state index contributed by atoms with van der Waals surface area (Å²) in [6.45, 7) is 4.13. The van der Waals surface area contributed by atoms with E-state index < -0.39 is 5.97 Å². The van der Waals surface area contributed by atoms with Gasteiger partial charge in [0.05, 0.1) is 6.04 Å². The minimum absolute atomic E-state index is 0.0564. The van der Waals surface area contributed by atoms with E-state index in [-0.39, 0.29) is 24.4 Å². The molecule has 0 radical (unpaired) electrons. The van der Waals surface area contributed by atoms with Crippen molar-refractivity contribution in [3.63, 3.8) is 0 Å². The molecule has 2 atom stereocenters. The van der Waals surface area contributed by atoms with Gasteiger partial charge in [-0.05, 0) is 30.5 Å². The first-order valence-electron chi connectivity index (χ1n) is 6.94. The number of hydrogen-bond donors (Lipinski definition) is 3. The highest BCUT2D eigenvalue weighted by molar-refractivity contribution is 6.30. The molecule has 0 aliphatic heterocycles. The average molecular weight is 313 g/mol. The summed E-state index contributed by atoms with van der Waals surface area (Å²) in [5, 5.41) is 14.9. The van der Waals surface area contributed by atoms with Gasteiger partial charge in [0.25, 0.3) is 0 Å². The van der Waals surface area contributed by atoms with E-state index in [4.69, 9.17) is 16.7 Å². The summed E-state index contributed by atoms with van der Waals surface area (Å²) in [7, 11) is 0. The predicted octanol–water partition coefficient (Wildman–Crippen LogP) is 3.20. The molecule has 3 N–H and O–H groups in total. The van der Waals surface area contributed by atoms with Crippen molar-refractivity contribution in [1.29, 1.82) is 0 Å². The van der Waals surface area contributed by atoms with Crippen LogP contribution in [0.1, 0.15) is 38.3 Å². The van der Waals surface area contributed by atoms with Crippen molar-refractivity contribution in [2.75, 3.05) is 6.54 Å². The fourth-order valence-corrected chi connectivity index (χ4v) is 2.05. The number of hydrogen-bond acceptors (Lipinski definition) is 2. The molecule has 0 aliphatic carbocycles. The van der Waals surface area contributed by atoms with Crippen LogP contribution in [-0.4, -0.2) is 23.7 Å². The number of urea groups is 1. The molecule has 2 amide bonds. The van der Waals surface area contributed by atoms with Crippen molar-refractivity contribution in [2.45, 2.75) is 32.7 Å². The molecule has 0 fully saturated rings. The van der Waals surface area contributed by atoms with Crippen molar-refractivity contribution in [2.24, 2.45) is 5.92 Å². The van der Waals surface area contributed by atoms with Crippen molar-refractivity contribution in [3.05, 3.63) is 34.9 Å². The Bertz CT molecular complexity index is 476. The van der Waals surface area contributed by atoms with Crippen LogP contribution >= 0.6 is 11.6 Å².